The zero-order valence-electron chi connectivity index (χ0n) is 17.6. The van der Waals surface area contributed by atoms with Crippen LogP contribution in [0.4, 0.5) is 14.6 Å². The first-order valence-corrected chi connectivity index (χ1v) is 11.0. The fraction of sp³-hybridized carbons (Fsp3) is 0.261. The van der Waals surface area contributed by atoms with Crippen LogP contribution in [0.5, 0.6) is 5.75 Å². The van der Waals surface area contributed by atoms with Crippen molar-refractivity contribution in [1.29, 1.82) is 5.26 Å². The quantitative estimate of drug-likeness (QED) is 0.431. The van der Waals surface area contributed by atoms with Gasteiger partial charge >= 0.3 is 0 Å². The fourth-order valence-electron chi connectivity index (χ4n) is 3.84. The molecule has 4 aromatic rings. The van der Waals surface area contributed by atoms with Crippen molar-refractivity contribution in [2.24, 2.45) is 0 Å². The first-order chi connectivity index (χ1) is 16.0. The molecule has 1 saturated heterocycles. The first-order valence-electron chi connectivity index (χ1n) is 10.2. The minimum Gasteiger partial charge on any atom is -0.496 e. The summed E-state index contributed by atoms with van der Waals surface area (Å²) in [6.45, 7) is 0.888. The number of benzene rings is 1. The van der Waals surface area contributed by atoms with Crippen molar-refractivity contribution >= 4 is 28.1 Å². The second kappa shape index (κ2) is 8.42. The van der Waals surface area contributed by atoms with E-state index in [0.717, 1.165) is 4.88 Å². The van der Waals surface area contributed by atoms with Crippen LogP contribution < -0.4 is 10.1 Å². The molecule has 0 bridgehead atoms. The van der Waals surface area contributed by atoms with Gasteiger partial charge in [0.15, 0.2) is 5.67 Å². The molecule has 168 valence electrons. The van der Waals surface area contributed by atoms with E-state index in [-0.39, 0.29) is 13.2 Å². The normalized spacial score (nSPS) is 14.6. The fourth-order valence-corrected chi connectivity index (χ4v) is 4.87. The highest BCUT2D eigenvalue weighted by Crippen LogP contribution is 2.40. The molecule has 0 atom stereocenters. The number of thiophene rings is 1. The summed E-state index contributed by atoms with van der Waals surface area (Å²) in [5, 5.41) is 13.3. The van der Waals surface area contributed by atoms with Gasteiger partial charge in [0, 0.05) is 29.4 Å². The number of nitrogens with zero attached hydrogens (tertiary/aromatic N) is 4. The highest BCUT2D eigenvalue weighted by atomic mass is 32.1. The number of aromatic nitrogens is 3. The molecule has 1 aromatic carbocycles. The number of methoxy groups -OCH3 is 1. The number of hydrogen-bond acceptors (Lipinski definition) is 7. The average Bonchev–Trinajstić information content (AvgIpc) is 3.44. The van der Waals surface area contributed by atoms with Crippen LogP contribution in [0.25, 0.3) is 21.5 Å². The van der Waals surface area contributed by atoms with Gasteiger partial charge in [-0.05, 0) is 30.3 Å². The molecule has 1 N–H and O–H groups in total. The van der Waals surface area contributed by atoms with Crippen molar-refractivity contribution in [3.8, 4) is 22.4 Å². The number of nitriles is 1. The molecule has 7 nitrogen and oxygen atoms in total. The van der Waals surface area contributed by atoms with E-state index in [1.807, 2.05) is 6.07 Å². The summed E-state index contributed by atoms with van der Waals surface area (Å²) in [6, 6.07) is 12.0. The van der Waals surface area contributed by atoms with E-state index in [1.165, 1.54) is 30.8 Å². The number of hydrogen-bond donors (Lipinski definition) is 1. The summed E-state index contributed by atoms with van der Waals surface area (Å²) in [5.74, 6) is 0.659. The Bertz CT molecular complexity index is 1370. The van der Waals surface area contributed by atoms with Gasteiger partial charge in [0.25, 0.3) is 0 Å². The predicted octanol–water partition coefficient (Wildman–Crippen LogP) is 4.49. The lowest BCUT2D eigenvalue weighted by atomic mass is 10.0. The number of alkyl halides is 1. The molecule has 10 heteroatoms. The molecule has 0 spiro atoms. The van der Waals surface area contributed by atoms with Gasteiger partial charge in [-0.3, -0.25) is 0 Å². The highest BCUT2D eigenvalue weighted by Gasteiger charge is 2.42. The van der Waals surface area contributed by atoms with Crippen LogP contribution in [-0.2, 0) is 17.0 Å². The molecule has 0 amide bonds. The van der Waals surface area contributed by atoms with Gasteiger partial charge < -0.3 is 19.4 Å². The second-order valence-electron chi connectivity index (χ2n) is 7.64. The molecular formula is C23H19F2N5O2S. The van der Waals surface area contributed by atoms with Crippen LogP contribution in [0.1, 0.15) is 10.6 Å². The largest absolute Gasteiger partial charge is 0.496 e. The molecule has 0 saturated carbocycles. The van der Waals surface area contributed by atoms with Crippen molar-refractivity contribution in [1.82, 2.24) is 14.5 Å². The Balaban J connectivity index is 1.33. The number of ether oxygens (including phenoxy) is 2. The van der Waals surface area contributed by atoms with Crippen LogP contribution in [0.3, 0.4) is 0 Å². The van der Waals surface area contributed by atoms with E-state index >= 15 is 0 Å². The Hall–Kier alpha value is -3.55. The number of halogens is 2. The topological polar surface area (TPSA) is 85.0 Å². The lowest BCUT2D eigenvalue weighted by Crippen LogP contribution is -2.41. The van der Waals surface area contributed by atoms with Crippen molar-refractivity contribution in [2.75, 3.05) is 32.2 Å². The third-order valence-electron chi connectivity index (χ3n) is 5.57. The molecule has 0 aliphatic carbocycles. The van der Waals surface area contributed by atoms with Crippen LogP contribution in [-0.4, -0.2) is 41.4 Å². The zero-order valence-corrected chi connectivity index (χ0v) is 18.5. The maximum atomic E-state index is 14.6. The van der Waals surface area contributed by atoms with Gasteiger partial charge in [0.1, 0.15) is 35.5 Å². The van der Waals surface area contributed by atoms with E-state index in [0.29, 0.717) is 51.8 Å². The molecular weight excluding hydrogens is 448 g/mol. The first kappa shape index (κ1) is 21.3. The van der Waals surface area contributed by atoms with Crippen molar-refractivity contribution < 1.29 is 18.3 Å². The van der Waals surface area contributed by atoms with E-state index in [4.69, 9.17) is 9.47 Å². The van der Waals surface area contributed by atoms with Crippen LogP contribution in [0, 0.1) is 17.1 Å². The lowest BCUT2D eigenvalue weighted by molar-refractivity contribution is -0.133. The summed E-state index contributed by atoms with van der Waals surface area (Å²) < 4.78 is 41.1. The summed E-state index contributed by atoms with van der Waals surface area (Å²) in [6.07, 6.45) is 1.44. The third kappa shape index (κ3) is 3.79. The van der Waals surface area contributed by atoms with Gasteiger partial charge in [0.05, 0.1) is 36.4 Å². The molecule has 5 rings (SSSR count). The Morgan fingerprint density at radius 1 is 1.27 bits per heavy atom. The van der Waals surface area contributed by atoms with Crippen LogP contribution >= 0.6 is 11.3 Å². The standard InChI is InChI=1S/C23H19F2N5O2S/c1-31-18-3-2-16(24)22-15(18)8-14(10-26)30(22)7-6-27-21-9-17(28-13-29-21)19-4-5-20(33-19)23(25)11-32-12-23/h2-5,8-9,13H,6-7,11-12H2,1H3,(H,27,28,29). The minimum absolute atomic E-state index is 0.0781. The van der Waals surface area contributed by atoms with Gasteiger partial charge in [-0.15, -0.1) is 11.3 Å². The van der Waals surface area contributed by atoms with Gasteiger partial charge in [-0.1, -0.05) is 0 Å². The SMILES string of the molecule is COc1ccc(F)c2c1cc(C#N)n2CCNc1cc(-c2ccc(C3(F)COC3)s2)ncn1. The Labute approximate surface area is 192 Å². The second-order valence-corrected chi connectivity index (χ2v) is 8.73. The monoisotopic (exact) mass is 467 g/mol. The summed E-state index contributed by atoms with van der Waals surface area (Å²) in [7, 11) is 1.51. The maximum Gasteiger partial charge on any atom is 0.191 e. The molecule has 0 radical (unpaired) electrons. The van der Waals surface area contributed by atoms with E-state index in [2.05, 4.69) is 21.4 Å². The van der Waals surface area contributed by atoms with E-state index < -0.39 is 11.5 Å². The Kier molecular flexibility index (Phi) is 5.44. The predicted molar refractivity (Wildman–Crippen MR) is 121 cm³/mol. The molecule has 33 heavy (non-hydrogen) atoms. The molecule has 1 aliphatic rings. The molecule has 0 unspecified atom stereocenters. The van der Waals surface area contributed by atoms with Gasteiger partial charge in [-0.25, -0.2) is 18.7 Å². The Morgan fingerprint density at radius 2 is 2.12 bits per heavy atom. The number of anilines is 1. The van der Waals surface area contributed by atoms with Crippen molar-refractivity contribution in [2.45, 2.75) is 12.2 Å². The molecule has 1 fully saturated rings. The summed E-state index contributed by atoms with van der Waals surface area (Å²) >= 11 is 1.34. The Morgan fingerprint density at radius 3 is 2.85 bits per heavy atom. The molecule has 4 heterocycles. The third-order valence-corrected chi connectivity index (χ3v) is 6.86. The zero-order chi connectivity index (χ0) is 23.0. The molecule has 3 aromatic heterocycles. The smallest absolute Gasteiger partial charge is 0.191 e. The lowest BCUT2D eigenvalue weighted by Gasteiger charge is -2.32. The minimum atomic E-state index is -1.41. The number of nitrogens with one attached hydrogen (secondary N) is 1. The molecule has 1 aliphatic heterocycles. The maximum absolute atomic E-state index is 14.6. The number of rotatable bonds is 7. The van der Waals surface area contributed by atoms with Gasteiger partial charge in [-0.2, -0.15) is 5.26 Å². The van der Waals surface area contributed by atoms with Crippen LogP contribution in [0.15, 0.2) is 42.7 Å². The van der Waals surface area contributed by atoms with E-state index in [9.17, 15) is 14.0 Å². The number of fused-ring (bicyclic) bond motifs is 1. The van der Waals surface area contributed by atoms with Crippen molar-refractivity contribution in [3.05, 3.63) is 59.1 Å². The van der Waals surface area contributed by atoms with Gasteiger partial charge in [0.2, 0.25) is 0 Å². The van der Waals surface area contributed by atoms with E-state index in [1.54, 1.807) is 28.8 Å². The van der Waals surface area contributed by atoms with Crippen LogP contribution in [0.2, 0.25) is 0 Å². The average molecular weight is 468 g/mol. The highest BCUT2D eigenvalue weighted by molar-refractivity contribution is 7.15. The van der Waals surface area contributed by atoms with Crippen molar-refractivity contribution in [3.63, 3.8) is 0 Å². The summed E-state index contributed by atoms with van der Waals surface area (Å²) in [4.78, 5) is 9.99. The summed E-state index contributed by atoms with van der Waals surface area (Å²) in [5.41, 5.74) is -0.0768.